The van der Waals surface area contributed by atoms with Crippen molar-refractivity contribution in [2.24, 2.45) is 0 Å². The fourth-order valence-electron chi connectivity index (χ4n) is 2.43. The predicted molar refractivity (Wildman–Crippen MR) is 83.6 cm³/mol. The van der Waals surface area contributed by atoms with E-state index in [9.17, 15) is 4.39 Å². The number of benzene rings is 2. The molecule has 0 spiro atoms. The summed E-state index contributed by atoms with van der Waals surface area (Å²) in [5.41, 5.74) is 4.70. The summed E-state index contributed by atoms with van der Waals surface area (Å²) in [6.07, 6.45) is 1.92. The predicted octanol–water partition coefficient (Wildman–Crippen LogP) is 4.43. The minimum absolute atomic E-state index is 0.0915. The van der Waals surface area contributed by atoms with Crippen LogP contribution in [0.25, 0.3) is 0 Å². The molecule has 0 heterocycles. The topological polar surface area (TPSA) is 35.8 Å². The van der Waals surface area contributed by atoms with Crippen LogP contribution in [0, 0.1) is 17.1 Å². The van der Waals surface area contributed by atoms with E-state index in [4.69, 9.17) is 5.26 Å². The summed E-state index contributed by atoms with van der Waals surface area (Å²) in [6, 6.07) is 12.9. The highest BCUT2D eigenvalue weighted by molar-refractivity contribution is 5.58. The number of rotatable bonds is 5. The normalized spacial score (nSPS) is 10.2. The molecule has 0 saturated carbocycles. The van der Waals surface area contributed by atoms with Crippen LogP contribution in [-0.4, -0.2) is 0 Å². The molecule has 0 aliphatic rings. The van der Waals surface area contributed by atoms with Gasteiger partial charge in [0.2, 0.25) is 0 Å². The number of nitriles is 1. The van der Waals surface area contributed by atoms with Crippen LogP contribution in [-0.2, 0) is 19.4 Å². The molecule has 2 nitrogen and oxygen atoms in total. The van der Waals surface area contributed by atoms with Crippen molar-refractivity contribution in [1.29, 1.82) is 5.26 Å². The lowest BCUT2D eigenvalue weighted by atomic mass is 10.0. The fraction of sp³-hybridized carbons (Fsp3) is 0.278. The Bertz CT molecular complexity index is 649. The Morgan fingerprint density at radius 3 is 2.33 bits per heavy atom. The Hall–Kier alpha value is -2.34. The molecule has 1 N–H and O–H groups in total. The highest BCUT2D eigenvalue weighted by atomic mass is 19.1. The molecule has 108 valence electrons. The highest BCUT2D eigenvalue weighted by Crippen LogP contribution is 2.23. The number of hydrogen-bond acceptors (Lipinski definition) is 2. The average Bonchev–Trinajstić information content (AvgIpc) is 2.53. The molecule has 0 amide bonds. The first-order valence-electron chi connectivity index (χ1n) is 7.22. The number of hydrogen-bond donors (Lipinski definition) is 1. The third kappa shape index (κ3) is 3.41. The van der Waals surface area contributed by atoms with Crippen LogP contribution in [0.2, 0.25) is 0 Å². The first-order valence-corrected chi connectivity index (χ1v) is 7.22. The van der Waals surface area contributed by atoms with E-state index in [1.807, 2.05) is 6.07 Å². The first kappa shape index (κ1) is 15.1. The Labute approximate surface area is 125 Å². The third-order valence-electron chi connectivity index (χ3n) is 3.62. The van der Waals surface area contributed by atoms with Crippen molar-refractivity contribution in [3.05, 3.63) is 64.5 Å². The van der Waals surface area contributed by atoms with E-state index in [1.165, 1.54) is 17.2 Å². The van der Waals surface area contributed by atoms with Crippen molar-refractivity contribution >= 4 is 5.69 Å². The van der Waals surface area contributed by atoms with E-state index < -0.39 is 5.82 Å². The number of nitrogens with zero attached hydrogens (tertiary/aromatic N) is 1. The standard InChI is InChI=1S/C18H19FN2/c1-3-14-6-5-7-15(4-2)18(14)21-12-13-8-9-17(19)16(10-13)11-20/h5-10,21H,3-4,12H2,1-2H3. The molecule has 21 heavy (non-hydrogen) atoms. The second kappa shape index (κ2) is 6.90. The molecular weight excluding hydrogens is 263 g/mol. The molecule has 0 atom stereocenters. The first-order chi connectivity index (χ1) is 10.2. The van der Waals surface area contributed by atoms with Gasteiger partial charge in [0.15, 0.2) is 0 Å². The zero-order valence-electron chi connectivity index (χ0n) is 12.4. The quantitative estimate of drug-likeness (QED) is 0.880. The molecule has 2 aromatic rings. The van der Waals surface area contributed by atoms with Crippen molar-refractivity contribution in [3.63, 3.8) is 0 Å². The highest BCUT2D eigenvalue weighted by Gasteiger charge is 2.07. The monoisotopic (exact) mass is 282 g/mol. The summed E-state index contributed by atoms with van der Waals surface area (Å²) in [5, 5.41) is 12.3. The second-order valence-electron chi connectivity index (χ2n) is 4.94. The molecule has 0 bridgehead atoms. The van der Waals surface area contributed by atoms with Gasteiger partial charge >= 0.3 is 0 Å². The maximum absolute atomic E-state index is 13.3. The van der Waals surface area contributed by atoms with Gasteiger partial charge in [-0.15, -0.1) is 0 Å². The van der Waals surface area contributed by atoms with Crippen LogP contribution in [0.4, 0.5) is 10.1 Å². The number of anilines is 1. The summed E-state index contributed by atoms with van der Waals surface area (Å²) in [7, 11) is 0. The lowest BCUT2D eigenvalue weighted by Gasteiger charge is -2.15. The number of aryl methyl sites for hydroxylation is 2. The summed E-state index contributed by atoms with van der Waals surface area (Å²) in [6.45, 7) is 4.84. The number of halogens is 1. The van der Waals surface area contributed by atoms with Gasteiger partial charge in [0, 0.05) is 12.2 Å². The molecule has 0 saturated heterocycles. The number of para-hydroxylation sites is 1. The molecule has 0 radical (unpaired) electrons. The maximum atomic E-state index is 13.3. The summed E-state index contributed by atoms with van der Waals surface area (Å²) < 4.78 is 13.3. The van der Waals surface area contributed by atoms with Crippen molar-refractivity contribution in [2.45, 2.75) is 33.2 Å². The van der Waals surface area contributed by atoms with Gasteiger partial charge in [-0.25, -0.2) is 4.39 Å². The van der Waals surface area contributed by atoms with Gasteiger partial charge in [0.05, 0.1) is 5.56 Å². The van der Waals surface area contributed by atoms with Crippen molar-refractivity contribution in [3.8, 4) is 6.07 Å². The Morgan fingerprint density at radius 2 is 1.76 bits per heavy atom. The van der Waals surface area contributed by atoms with Crippen LogP contribution in [0.1, 0.15) is 36.1 Å². The van der Waals surface area contributed by atoms with E-state index in [-0.39, 0.29) is 5.56 Å². The van der Waals surface area contributed by atoms with Gasteiger partial charge in [0.1, 0.15) is 11.9 Å². The smallest absolute Gasteiger partial charge is 0.140 e. The molecule has 0 fully saturated rings. The SMILES string of the molecule is CCc1cccc(CC)c1NCc1ccc(F)c(C#N)c1. The zero-order chi connectivity index (χ0) is 15.2. The Kier molecular flexibility index (Phi) is 4.94. The molecule has 2 aromatic carbocycles. The van der Waals surface area contributed by atoms with E-state index in [1.54, 1.807) is 12.1 Å². The molecular formula is C18H19FN2. The minimum Gasteiger partial charge on any atom is -0.381 e. The zero-order valence-corrected chi connectivity index (χ0v) is 12.4. The van der Waals surface area contributed by atoms with Crippen LogP contribution in [0.5, 0.6) is 0 Å². The van der Waals surface area contributed by atoms with Crippen molar-refractivity contribution < 1.29 is 4.39 Å². The average molecular weight is 282 g/mol. The van der Waals surface area contributed by atoms with Crippen LogP contribution < -0.4 is 5.32 Å². The third-order valence-corrected chi connectivity index (χ3v) is 3.62. The summed E-state index contributed by atoms with van der Waals surface area (Å²) >= 11 is 0. The lowest BCUT2D eigenvalue weighted by molar-refractivity contribution is 0.623. The van der Waals surface area contributed by atoms with E-state index in [2.05, 4.69) is 37.4 Å². The maximum Gasteiger partial charge on any atom is 0.140 e. The molecule has 3 heteroatoms. The largest absolute Gasteiger partial charge is 0.381 e. The van der Waals surface area contributed by atoms with E-state index in [0.29, 0.717) is 6.54 Å². The minimum atomic E-state index is -0.468. The summed E-state index contributed by atoms with van der Waals surface area (Å²) in [4.78, 5) is 0. The molecule has 0 aliphatic heterocycles. The molecule has 0 unspecified atom stereocenters. The van der Waals surface area contributed by atoms with Gasteiger partial charge in [-0.2, -0.15) is 5.26 Å². The van der Waals surface area contributed by atoms with Crippen LogP contribution >= 0.6 is 0 Å². The van der Waals surface area contributed by atoms with Gasteiger partial charge in [0.25, 0.3) is 0 Å². The van der Waals surface area contributed by atoms with Crippen LogP contribution in [0.15, 0.2) is 36.4 Å². The van der Waals surface area contributed by atoms with Gasteiger partial charge in [-0.05, 0) is 41.7 Å². The molecule has 0 aliphatic carbocycles. The van der Waals surface area contributed by atoms with E-state index in [0.717, 1.165) is 24.1 Å². The Morgan fingerprint density at radius 1 is 1.10 bits per heavy atom. The summed E-state index contributed by atoms with van der Waals surface area (Å²) in [5.74, 6) is -0.468. The van der Waals surface area contributed by atoms with Gasteiger partial charge in [-0.3, -0.25) is 0 Å². The number of nitrogens with one attached hydrogen (secondary N) is 1. The Balaban J connectivity index is 2.22. The molecule has 2 rings (SSSR count). The van der Waals surface area contributed by atoms with Gasteiger partial charge in [-0.1, -0.05) is 38.1 Å². The second-order valence-corrected chi connectivity index (χ2v) is 4.94. The van der Waals surface area contributed by atoms with Crippen molar-refractivity contribution in [2.75, 3.05) is 5.32 Å². The van der Waals surface area contributed by atoms with Crippen molar-refractivity contribution in [1.82, 2.24) is 0 Å². The van der Waals surface area contributed by atoms with E-state index >= 15 is 0 Å². The molecule has 0 aromatic heterocycles. The van der Waals surface area contributed by atoms with Crippen LogP contribution in [0.3, 0.4) is 0 Å². The fourth-order valence-corrected chi connectivity index (χ4v) is 2.43. The van der Waals surface area contributed by atoms with Gasteiger partial charge < -0.3 is 5.32 Å². The lowest BCUT2D eigenvalue weighted by Crippen LogP contribution is -2.05.